The van der Waals surface area contributed by atoms with Crippen LogP contribution in [0.3, 0.4) is 0 Å². The Bertz CT molecular complexity index is 1040. The lowest BCUT2D eigenvalue weighted by atomic mass is 10.1. The molecule has 0 aromatic heterocycles. The number of carbonyl (C=O) groups excluding carboxylic acids is 2. The highest BCUT2D eigenvalue weighted by Crippen LogP contribution is 2.21. The van der Waals surface area contributed by atoms with Crippen molar-refractivity contribution < 1.29 is 18.0 Å². The van der Waals surface area contributed by atoms with Gasteiger partial charge in [0, 0.05) is 5.69 Å². The van der Waals surface area contributed by atoms with Crippen molar-refractivity contribution in [3.63, 3.8) is 0 Å². The topological polar surface area (TPSA) is 104 Å². The molecule has 3 N–H and O–H groups in total. The van der Waals surface area contributed by atoms with Gasteiger partial charge in [0.2, 0.25) is 21.8 Å². The first kappa shape index (κ1) is 25.9. The molecule has 0 aliphatic rings. The number of hydrogen-bond donors (Lipinski definition) is 3. The molecular weight excluding hydrogens is 446 g/mol. The number of benzene rings is 2. The third kappa shape index (κ3) is 7.36. The summed E-state index contributed by atoms with van der Waals surface area (Å²) < 4.78 is 27.9. The number of nitrogens with one attached hydrogen (secondary N) is 3. The minimum Gasteiger partial charge on any atom is -0.346 e. The zero-order valence-corrected chi connectivity index (χ0v) is 20.7. The van der Waals surface area contributed by atoms with Crippen molar-refractivity contribution in [2.45, 2.75) is 45.1 Å². The third-order valence-corrected chi connectivity index (χ3v) is 7.05. The van der Waals surface area contributed by atoms with E-state index in [1.807, 2.05) is 46.1 Å². The maximum absolute atomic E-state index is 12.7. The molecule has 0 aliphatic heterocycles. The molecule has 0 spiro atoms. The Labute approximate surface area is 194 Å². The van der Waals surface area contributed by atoms with Crippen molar-refractivity contribution >= 4 is 39.3 Å². The fourth-order valence-corrected chi connectivity index (χ4v) is 5.00. The van der Waals surface area contributed by atoms with Crippen molar-refractivity contribution in [1.82, 2.24) is 10.0 Å². The van der Waals surface area contributed by atoms with E-state index in [9.17, 15) is 18.0 Å². The van der Waals surface area contributed by atoms with Crippen LogP contribution in [0.2, 0.25) is 0 Å². The van der Waals surface area contributed by atoms with E-state index < -0.39 is 22.0 Å². The summed E-state index contributed by atoms with van der Waals surface area (Å²) in [6.45, 7) is 7.41. The van der Waals surface area contributed by atoms with Gasteiger partial charge in [0.25, 0.3) is 0 Å². The van der Waals surface area contributed by atoms with Crippen LogP contribution in [-0.4, -0.2) is 44.8 Å². The van der Waals surface area contributed by atoms with Crippen LogP contribution in [0.4, 0.5) is 5.69 Å². The SMILES string of the molecule is CSCCC(NS(=O)(=O)c1ccc(C)cc1)C(=O)NCC(=O)Nc1c(C)cc(C)cc1C. The molecular formula is C23H31N3O4S2. The molecule has 0 saturated heterocycles. The summed E-state index contributed by atoms with van der Waals surface area (Å²) in [5.41, 5.74) is 4.63. The first-order valence-corrected chi connectivity index (χ1v) is 13.1. The Morgan fingerprint density at radius 2 is 1.56 bits per heavy atom. The smallest absolute Gasteiger partial charge is 0.243 e. The van der Waals surface area contributed by atoms with Crippen LogP contribution in [0.15, 0.2) is 41.3 Å². The molecule has 9 heteroatoms. The number of anilines is 1. The second kappa shape index (κ2) is 11.5. The highest BCUT2D eigenvalue weighted by Gasteiger charge is 2.25. The van der Waals surface area contributed by atoms with Gasteiger partial charge in [-0.25, -0.2) is 8.42 Å². The van der Waals surface area contributed by atoms with Gasteiger partial charge in [0.1, 0.15) is 6.04 Å². The molecule has 0 fully saturated rings. The van der Waals surface area contributed by atoms with E-state index in [1.54, 1.807) is 12.1 Å². The Balaban J connectivity index is 2.04. The summed E-state index contributed by atoms with van der Waals surface area (Å²) in [6, 6.07) is 9.36. The number of aryl methyl sites for hydroxylation is 4. The molecule has 2 aromatic rings. The zero-order chi connectivity index (χ0) is 23.9. The number of hydrogen-bond acceptors (Lipinski definition) is 5. The quantitative estimate of drug-likeness (QED) is 0.488. The molecule has 1 atom stereocenters. The Kier molecular flexibility index (Phi) is 9.30. The van der Waals surface area contributed by atoms with E-state index in [4.69, 9.17) is 0 Å². The fraction of sp³-hybridized carbons (Fsp3) is 0.391. The molecule has 2 aromatic carbocycles. The van der Waals surface area contributed by atoms with Crippen molar-refractivity contribution in [3.8, 4) is 0 Å². The molecule has 0 heterocycles. The lowest BCUT2D eigenvalue weighted by Crippen LogP contribution is -2.48. The summed E-state index contributed by atoms with van der Waals surface area (Å²) in [6.07, 6.45) is 2.18. The van der Waals surface area contributed by atoms with Crippen LogP contribution < -0.4 is 15.4 Å². The Hall–Kier alpha value is -2.36. The van der Waals surface area contributed by atoms with Crippen molar-refractivity contribution in [1.29, 1.82) is 0 Å². The number of sulfonamides is 1. The maximum atomic E-state index is 12.7. The number of thioether (sulfide) groups is 1. The van der Waals surface area contributed by atoms with Gasteiger partial charge in [-0.3, -0.25) is 9.59 Å². The minimum atomic E-state index is -3.87. The molecule has 0 bridgehead atoms. The molecule has 7 nitrogen and oxygen atoms in total. The van der Waals surface area contributed by atoms with Crippen LogP contribution >= 0.6 is 11.8 Å². The lowest BCUT2D eigenvalue weighted by molar-refractivity contribution is -0.125. The second-order valence-corrected chi connectivity index (χ2v) is 10.5. The van der Waals surface area contributed by atoms with E-state index in [1.165, 1.54) is 23.9 Å². The Morgan fingerprint density at radius 1 is 0.969 bits per heavy atom. The summed E-state index contributed by atoms with van der Waals surface area (Å²) in [4.78, 5) is 25.2. The maximum Gasteiger partial charge on any atom is 0.243 e. The molecule has 0 radical (unpaired) electrons. The van der Waals surface area contributed by atoms with Gasteiger partial charge in [-0.1, -0.05) is 35.4 Å². The van der Waals surface area contributed by atoms with E-state index in [-0.39, 0.29) is 17.3 Å². The molecule has 0 aliphatic carbocycles. The lowest BCUT2D eigenvalue weighted by Gasteiger charge is -2.19. The predicted octanol–water partition coefficient (Wildman–Crippen LogP) is 3.08. The number of amides is 2. The highest BCUT2D eigenvalue weighted by molar-refractivity contribution is 7.98. The largest absolute Gasteiger partial charge is 0.346 e. The average Bonchev–Trinajstić information content (AvgIpc) is 2.72. The zero-order valence-electron chi connectivity index (χ0n) is 19.1. The molecule has 32 heavy (non-hydrogen) atoms. The first-order chi connectivity index (χ1) is 15.0. The minimum absolute atomic E-state index is 0.0908. The molecule has 0 saturated carbocycles. The van der Waals surface area contributed by atoms with Gasteiger partial charge in [-0.2, -0.15) is 16.5 Å². The fourth-order valence-electron chi connectivity index (χ4n) is 3.30. The van der Waals surface area contributed by atoms with Crippen molar-refractivity contribution in [3.05, 3.63) is 58.7 Å². The number of rotatable bonds is 10. The Morgan fingerprint density at radius 3 is 2.12 bits per heavy atom. The summed E-state index contributed by atoms with van der Waals surface area (Å²) in [5.74, 6) is -0.330. The van der Waals surface area contributed by atoms with E-state index in [0.717, 1.165) is 22.3 Å². The predicted molar refractivity (Wildman–Crippen MR) is 131 cm³/mol. The van der Waals surface area contributed by atoms with Gasteiger partial charge >= 0.3 is 0 Å². The van der Waals surface area contributed by atoms with Crippen molar-refractivity contribution in [2.24, 2.45) is 0 Å². The van der Waals surface area contributed by atoms with Gasteiger partial charge in [-0.15, -0.1) is 0 Å². The summed E-state index contributed by atoms with van der Waals surface area (Å²) in [7, 11) is -3.87. The van der Waals surface area contributed by atoms with E-state index >= 15 is 0 Å². The molecule has 2 amide bonds. The first-order valence-electron chi connectivity index (χ1n) is 10.3. The molecule has 174 valence electrons. The van der Waals surface area contributed by atoms with Gasteiger partial charge < -0.3 is 10.6 Å². The van der Waals surface area contributed by atoms with Crippen LogP contribution in [0.25, 0.3) is 0 Å². The van der Waals surface area contributed by atoms with E-state index in [0.29, 0.717) is 17.9 Å². The highest BCUT2D eigenvalue weighted by atomic mass is 32.2. The molecule has 2 rings (SSSR count). The van der Waals surface area contributed by atoms with Crippen LogP contribution in [0, 0.1) is 27.7 Å². The van der Waals surface area contributed by atoms with Crippen LogP contribution in [0.1, 0.15) is 28.7 Å². The van der Waals surface area contributed by atoms with Gasteiger partial charge in [0.05, 0.1) is 11.4 Å². The van der Waals surface area contributed by atoms with Crippen LogP contribution in [0.5, 0.6) is 0 Å². The standard InChI is InChI=1S/C23H31N3O4S2/c1-15-6-8-19(9-7-15)32(29,30)26-20(10-11-31-5)23(28)24-14-21(27)25-22-17(3)12-16(2)13-18(22)4/h6-9,12-13,20,26H,10-11,14H2,1-5H3,(H,24,28)(H,25,27). The number of carbonyl (C=O) groups is 2. The van der Waals surface area contributed by atoms with Gasteiger partial charge in [0.15, 0.2) is 0 Å². The third-order valence-electron chi connectivity index (χ3n) is 4.92. The average molecular weight is 478 g/mol. The van der Waals surface area contributed by atoms with Gasteiger partial charge in [-0.05, 0) is 69.4 Å². The summed E-state index contributed by atoms with van der Waals surface area (Å²) >= 11 is 1.51. The van der Waals surface area contributed by atoms with Crippen molar-refractivity contribution in [2.75, 3.05) is 23.9 Å². The normalized spacial score (nSPS) is 12.3. The monoisotopic (exact) mass is 477 g/mol. The molecule has 1 unspecified atom stereocenters. The summed E-state index contributed by atoms with van der Waals surface area (Å²) in [5, 5.41) is 5.38. The van der Waals surface area contributed by atoms with E-state index in [2.05, 4.69) is 15.4 Å². The van der Waals surface area contributed by atoms with Crippen LogP contribution in [-0.2, 0) is 19.6 Å². The second-order valence-electron chi connectivity index (χ2n) is 7.81.